The van der Waals surface area contributed by atoms with Gasteiger partial charge in [0.15, 0.2) is 0 Å². The Morgan fingerprint density at radius 3 is 2.28 bits per heavy atom. The van der Waals surface area contributed by atoms with E-state index in [0.29, 0.717) is 11.8 Å². The van der Waals surface area contributed by atoms with Gasteiger partial charge in [0.2, 0.25) is 5.75 Å². The molecule has 0 saturated heterocycles. The first-order valence-corrected chi connectivity index (χ1v) is 8.66. The van der Waals surface area contributed by atoms with Crippen LogP contribution >= 0.6 is 0 Å². The molecule has 0 amide bonds. The van der Waals surface area contributed by atoms with Crippen LogP contribution in [0.1, 0.15) is 11.1 Å². The first-order chi connectivity index (χ1) is 15.1. The molecule has 0 aliphatic heterocycles. The number of hydrogen-bond acceptors (Lipinski definition) is 8. The monoisotopic (exact) mass is 447 g/mol. The number of anilines is 1. The van der Waals surface area contributed by atoms with E-state index in [4.69, 9.17) is 4.74 Å². The predicted molar refractivity (Wildman–Crippen MR) is 107 cm³/mol. The fourth-order valence-corrected chi connectivity index (χ4v) is 2.40. The molecule has 0 aliphatic rings. The molecular formula is C19H12F3N5O5. The highest BCUT2D eigenvalue weighted by Crippen LogP contribution is 2.34. The Labute approximate surface area is 177 Å². The molecule has 0 bridgehead atoms. The summed E-state index contributed by atoms with van der Waals surface area (Å²) < 4.78 is 43.0. The first-order valence-electron chi connectivity index (χ1n) is 8.66. The fourth-order valence-electron chi connectivity index (χ4n) is 2.40. The minimum Gasteiger partial charge on any atom is -0.450 e. The molecule has 0 fully saturated rings. The van der Waals surface area contributed by atoms with E-state index in [1.165, 1.54) is 18.3 Å². The SMILES string of the molecule is O=[N+]([O-])c1ccc(Oc2ccc(/C=N\Nc3ccc(C(F)(F)F)cn3)cc2)c([N+](=O)[O-])c1. The molecule has 0 spiro atoms. The lowest BCUT2D eigenvalue weighted by Crippen LogP contribution is -2.05. The zero-order valence-electron chi connectivity index (χ0n) is 15.8. The molecule has 1 N–H and O–H groups in total. The molecular weight excluding hydrogens is 435 g/mol. The lowest BCUT2D eigenvalue weighted by atomic mass is 10.2. The minimum absolute atomic E-state index is 0.111. The Morgan fingerprint density at radius 1 is 1.00 bits per heavy atom. The molecule has 3 aromatic rings. The van der Waals surface area contributed by atoms with E-state index >= 15 is 0 Å². The van der Waals surface area contributed by atoms with Crippen molar-refractivity contribution in [1.82, 2.24) is 4.98 Å². The van der Waals surface area contributed by atoms with E-state index in [1.54, 1.807) is 12.1 Å². The lowest BCUT2D eigenvalue weighted by Gasteiger charge is -2.07. The van der Waals surface area contributed by atoms with Crippen molar-refractivity contribution >= 4 is 23.4 Å². The van der Waals surface area contributed by atoms with E-state index < -0.39 is 33.0 Å². The summed E-state index contributed by atoms with van der Waals surface area (Å²) in [7, 11) is 0. The van der Waals surface area contributed by atoms with Crippen LogP contribution in [0.3, 0.4) is 0 Å². The maximum Gasteiger partial charge on any atom is 0.417 e. The van der Waals surface area contributed by atoms with Crippen molar-refractivity contribution < 1.29 is 27.8 Å². The van der Waals surface area contributed by atoms with Gasteiger partial charge >= 0.3 is 11.9 Å². The Kier molecular flexibility index (Phi) is 6.28. The number of non-ortho nitro benzene ring substituents is 1. The second-order valence-electron chi connectivity index (χ2n) is 6.14. The van der Waals surface area contributed by atoms with Crippen LogP contribution in [0.5, 0.6) is 11.5 Å². The third-order valence-corrected chi connectivity index (χ3v) is 3.94. The number of halogens is 3. The summed E-state index contributed by atoms with van der Waals surface area (Å²) in [5.74, 6) is 0.174. The van der Waals surface area contributed by atoms with Gasteiger partial charge in [-0.1, -0.05) is 0 Å². The van der Waals surface area contributed by atoms with Crippen molar-refractivity contribution in [3.8, 4) is 11.5 Å². The van der Waals surface area contributed by atoms with Gasteiger partial charge in [-0.3, -0.25) is 25.7 Å². The molecule has 0 radical (unpaired) electrons. The smallest absolute Gasteiger partial charge is 0.417 e. The lowest BCUT2D eigenvalue weighted by molar-refractivity contribution is -0.394. The van der Waals surface area contributed by atoms with Gasteiger partial charge in [-0.05, 0) is 48.0 Å². The largest absolute Gasteiger partial charge is 0.450 e. The van der Waals surface area contributed by atoms with E-state index in [2.05, 4.69) is 15.5 Å². The van der Waals surface area contributed by atoms with Crippen LogP contribution in [0.15, 0.2) is 65.9 Å². The molecule has 2 aromatic carbocycles. The van der Waals surface area contributed by atoms with Crippen LogP contribution in [0, 0.1) is 20.2 Å². The zero-order chi connectivity index (χ0) is 23.3. The van der Waals surface area contributed by atoms with Gasteiger partial charge in [0.25, 0.3) is 5.69 Å². The maximum absolute atomic E-state index is 12.5. The quantitative estimate of drug-likeness (QED) is 0.301. The van der Waals surface area contributed by atoms with Crippen LogP contribution in [0.25, 0.3) is 0 Å². The molecule has 164 valence electrons. The summed E-state index contributed by atoms with van der Waals surface area (Å²) in [4.78, 5) is 24.0. The van der Waals surface area contributed by atoms with Gasteiger partial charge in [-0.2, -0.15) is 18.3 Å². The number of ether oxygens (including phenoxy) is 1. The molecule has 1 heterocycles. The van der Waals surface area contributed by atoms with E-state index in [0.717, 1.165) is 30.3 Å². The van der Waals surface area contributed by atoms with Crippen LogP contribution in [-0.4, -0.2) is 21.0 Å². The van der Waals surface area contributed by atoms with Gasteiger partial charge in [-0.15, -0.1) is 0 Å². The number of nitrogens with zero attached hydrogens (tertiary/aromatic N) is 4. The number of nitro benzene ring substituents is 2. The second-order valence-corrected chi connectivity index (χ2v) is 6.14. The van der Waals surface area contributed by atoms with Gasteiger partial charge in [0.1, 0.15) is 11.6 Å². The summed E-state index contributed by atoms with van der Waals surface area (Å²) in [5, 5.41) is 25.8. The molecule has 13 heteroatoms. The van der Waals surface area contributed by atoms with Crippen molar-refractivity contribution in [2.24, 2.45) is 5.10 Å². The highest BCUT2D eigenvalue weighted by molar-refractivity contribution is 5.80. The molecule has 3 rings (SSSR count). The van der Waals surface area contributed by atoms with Crippen LogP contribution < -0.4 is 10.2 Å². The molecule has 10 nitrogen and oxygen atoms in total. The maximum atomic E-state index is 12.5. The Bertz CT molecular complexity index is 1170. The number of rotatable bonds is 7. The minimum atomic E-state index is -4.48. The van der Waals surface area contributed by atoms with Crippen molar-refractivity contribution in [2.45, 2.75) is 6.18 Å². The van der Waals surface area contributed by atoms with Crippen LogP contribution in [0.2, 0.25) is 0 Å². The number of alkyl halides is 3. The summed E-state index contributed by atoms with van der Waals surface area (Å²) in [6.07, 6.45) is -2.42. The highest BCUT2D eigenvalue weighted by atomic mass is 19.4. The molecule has 0 atom stereocenters. The Morgan fingerprint density at radius 2 is 1.72 bits per heavy atom. The van der Waals surface area contributed by atoms with E-state index in [9.17, 15) is 33.4 Å². The van der Waals surface area contributed by atoms with Gasteiger partial charge in [0, 0.05) is 12.3 Å². The molecule has 32 heavy (non-hydrogen) atoms. The second kappa shape index (κ2) is 9.07. The van der Waals surface area contributed by atoms with E-state index in [-0.39, 0.29) is 17.3 Å². The molecule has 0 aliphatic carbocycles. The van der Waals surface area contributed by atoms with Crippen LogP contribution in [-0.2, 0) is 6.18 Å². The van der Waals surface area contributed by atoms with Gasteiger partial charge in [0.05, 0.1) is 27.7 Å². The van der Waals surface area contributed by atoms with Crippen molar-refractivity contribution in [3.63, 3.8) is 0 Å². The zero-order valence-corrected chi connectivity index (χ0v) is 15.8. The topological polar surface area (TPSA) is 133 Å². The number of pyridine rings is 1. The number of aromatic nitrogens is 1. The fraction of sp³-hybridized carbons (Fsp3) is 0.0526. The third kappa shape index (κ3) is 5.53. The number of hydrazone groups is 1. The summed E-state index contributed by atoms with van der Waals surface area (Å²) >= 11 is 0. The molecule has 0 saturated carbocycles. The first kappa shape index (κ1) is 22.1. The summed E-state index contributed by atoms with van der Waals surface area (Å²) in [6, 6.07) is 11.1. The predicted octanol–water partition coefficient (Wildman–Crippen LogP) is 5.16. The molecule has 1 aromatic heterocycles. The van der Waals surface area contributed by atoms with Crippen molar-refractivity contribution in [1.29, 1.82) is 0 Å². The Hall–Kier alpha value is -4.55. The number of nitro groups is 2. The average molecular weight is 447 g/mol. The Balaban J connectivity index is 1.65. The number of benzene rings is 2. The number of hydrogen-bond donors (Lipinski definition) is 1. The number of nitrogens with one attached hydrogen (secondary N) is 1. The highest BCUT2D eigenvalue weighted by Gasteiger charge is 2.30. The van der Waals surface area contributed by atoms with Gasteiger partial charge in [-0.25, -0.2) is 4.98 Å². The molecule has 0 unspecified atom stereocenters. The summed E-state index contributed by atoms with van der Waals surface area (Å²) in [6.45, 7) is 0. The van der Waals surface area contributed by atoms with Crippen molar-refractivity contribution in [2.75, 3.05) is 5.43 Å². The van der Waals surface area contributed by atoms with E-state index in [1.807, 2.05) is 0 Å². The normalized spacial score (nSPS) is 11.3. The van der Waals surface area contributed by atoms with Crippen molar-refractivity contribution in [3.05, 3.63) is 92.1 Å². The third-order valence-electron chi connectivity index (χ3n) is 3.94. The van der Waals surface area contributed by atoms with Crippen LogP contribution in [0.4, 0.5) is 30.4 Å². The average Bonchev–Trinajstić information content (AvgIpc) is 2.74. The van der Waals surface area contributed by atoms with Gasteiger partial charge < -0.3 is 4.74 Å². The summed E-state index contributed by atoms with van der Waals surface area (Å²) in [5.41, 5.74) is 1.19. The standard InChI is InChI=1S/C19H12F3N5O5/c20-19(21,22)13-3-8-18(23-11-13)25-24-10-12-1-5-15(6-2-12)32-17-7-4-14(26(28)29)9-16(17)27(30)31/h1-11H,(H,23,25)/b24-10-.